The number of likely N-dealkylation sites (N-methyl/N-ethyl adjacent to an activating group) is 1. The molecule has 3 heterocycles. The van der Waals surface area contributed by atoms with Crippen LogP contribution in [0.4, 0.5) is 5.13 Å². The summed E-state index contributed by atoms with van der Waals surface area (Å²) >= 11 is 1.66. The number of carbonyl (C=O) groups excluding carboxylic acids is 1. The Morgan fingerprint density at radius 3 is 2.57 bits per heavy atom. The third-order valence-corrected chi connectivity index (χ3v) is 6.60. The second-order valence-corrected chi connectivity index (χ2v) is 8.19. The van der Waals surface area contributed by atoms with Gasteiger partial charge in [0.2, 0.25) is 0 Å². The molecule has 0 spiro atoms. The molecule has 0 radical (unpaired) electrons. The van der Waals surface area contributed by atoms with Crippen LogP contribution in [0.25, 0.3) is 11.3 Å². The highest BCUT2D eigenvalue weighted by atomic mass is 32.1. The van der Waals surface area contributed by atoms with Crippen molar-refractivity contribution in [2.75, 3.05) is 57.8 Å². The fourth-order valence-electron chi connectivity index (χ4n) is 3.93. The number of piperazine rings is 1. The van der Waals surface area contributed by atoms with Gasteiger partial charge in [-0.1, -0.05) is 6.92 Å². The van der Waals surface area contributed by atoms with Crippen LogP contribution in [0.3, 0.4) is 0 Å². The molecule has 4 rings (SSSR count). The fourth-order valence-corrected chi connectivity index (χ4v) is 4.81. The first kappa shape index (κ1) is 19.2. The lowest BCUT2D eigenvalue weighted by Gasteiger charge is -2.34. The third-order valence-electron chi connectivity index (χ3n) is 5.70. The van der Waals surface area contributed by atoms with Crippen molar-refractivity contribution in [3.05, 3.63) is 29.1 Å². The summed E-state index contributed by atoms with van der Waals surface area (Å²) in [5, 5.41) is 3.13. The van der Waals surface area contributed by atoms with Crippen molar-refractivity contribution in [3.8, 4) is 17.0 Å². The van der Waals surface area contributed by atoms with Crippen LogP contribution >= 0.6 is 11.3 Å². The van der Waals surface area contributed by atoms with E-state index in [0.717, 1.165) is 68.0 Å². The summed E-state index contributed by atoms with van der Waals surface area (Å²) in [6, 6.07) is 5.69. The number of benzene rings is 1. The molecule has 2 aliphatic heterocycles. The van der Waals surface area contributed by atoms with Crippen LogP contribution in [0.2, 0.25) is 0 Å². The summed E-state index contributed by atoms with van der Waals surface area (Å²) in [5.74, 6) is 0.847. The average Bonchev–Trinajstić information content (AvgIpc) is 3.44. The largest absolute Gasteiger partial charge is 0.496 e. The van der Waals surface area contributed by atoms with Crippen molar-refractivity contribution in [1.29, 1.82) is 0 Å². The number of hydrogen-bond donors (Lipinski definition) is 0. The van der Waals surface area contributed by atoms with E-state index in [4.69, 9.17) is 9.72 Å². The van der Waals surface area contributed by atoms with Crippen LogP contribution in [0.5, 0.6) is 5.75 Å². The Balaban J connectivity index is 1.57. The van der Waals surface area contributed by atoms with Gasteiger partial charge in [-0.2, -0.15) is 0 Å². The van der Waals surface area contributed by atoms with E-state index in [0.29, 0.717) is 5.56 Å². The lowest BCUT2D eigenvalue weighted by Crippen LogP contribution is -2.48. The van der Waals surface area contributed by atoms with Gasteiger partial charge in [-0.05, 0) is 37.6 Å². The van der Waals surface area contributed by atoms with Crippen molar-refractivity contribution in [1.82, 2.24) is 14.8 Å². The Labute approximate surface area is 170 Å². The normalized spacial score (nSPS) is 17.9. The maximum atomic E-state index is 13.0. The lowest BCUT2D eigenvalue weighted by molar-refractivity contribution is 0.0643. The summed E-state index contributed by atoms with van der Waals surface area (Å²) in [6.07, 6.45) is 2.46. The van der Waals surface area contributed by atoms with Crippen molar-refractivity contribution in [3.63, 3.8) is 0 Å². The molecule has 1 aromatic heterocycles. The Morgan fingerprint density at radius 2 is 1.89 bits per heavy atom. The molecule has 6 nitrogen and oxygen atoms in total. The molecule has 28 heavy (non-hydrogen) atoms. The molecule has 2 fully saturated rings. The highest BCUT2D eigenvalue weighted by molar-refractivity contribution is 7.14. The summed E-state index contributed by atoms with van der Waals surface area (Å²) in [5.41, 5.74) is 2.48. The predicted molar refractivity (Wildman–Crippen MR) is 114 cm³/mol. The molecule has 0 saturated carbocycles. The van der Waals surface area contributed by atoms with Crippen LogP contribution < -0.4 is 9.64 Å². The Kier molecular flexibility index (Phi) is 5.82. The number of methoxy groups -OCH3 is 1. The van der Waals surface area contributed by atoms with E-state index in [1.165, 1.54) is 12.8 Å². The van der Waals surface area contributed by atoms with E-state index in [-0.39, 0.29) is 5.91 Å². The number of ether oxygens (including phenoxy) is 1. The molecule has 7 heteroatoms. The average molecular weight is 401 g/mol. The van der Waals surface area contributed by atoms with E-state index in [2.05, 4.69) is 22.1 Å². The van der Waals surface area contributed by atoms with Gasteiger partial charge in [0, 0.05) is 55.8 Å². The molecule has 150 valence electrons. The molecule has 0 N–H and O–H groups in total. The maximum absolute atomic E-state index is 13.0. The molecule has 1 amide bonds. The van der Waals surface area contributed by atoms with Gasteiger partial charge in [0.25, 0.3) is 5.91 Å². The number of rotatable bonds is 5. The van der Waals surface area contributed by atoms with Gasteiger partial charge in [0.1, 0.15) is 5.75 Å². The highest BCUT2D eigenvalue weighted by Gasteiger charge is 2.23. The van der Waals surface area contributed by atoms with Gasteiger partial charge in [-0.25, -0.2) is 4.98 Å². The van der Waals surface area contributed by atoms with E-state index >= 15 is 0 Å². The smallest absolute Gasteiger partial charge is 0.253 e. The van der Waals surface area contributed by atoms with Crippen molar-refractivity contribution in [2.45, 2.75) is 19.8 Å². The Hall–Kier alpha value is -2.12. The van der Waals surface area contributed by atoms with Crippen molar-refractivity contribution in [2.24, 2.45) is 0 Å². The number of anilines is 1. The summed E-state index contributed by atoms with van der Waals surface area (Å²) in [7, 11) is 1.66. The fraction of sp³-hybridized carbons (Fsp3) is 0.524. The first-order chi connectivity index (χ1) is 13.7. The number of amides is 1. The molecule has 2 aromatic rings. The van der Waals surface area contributed by atoms with E-state index in [9.17, 15) is 4.79 Å². The topological polar surface area (TPSA) is 48.9 Å². The van der Waals surface area contributed by atoms with Crippen molar-refractivity contribution >= 4 is 22.4 Å². The van der Waals surface area contributed by atoms with E-state index < -0.39 is 0 Å². The molecular weight excluding hydrogens is 372 g/mol. The second-order valence-electron chi connectivity index (χ2n) is 7.35. The Bertz CT molecular complexity index is 824. The molecule has 2 saturated heterocycles. The van der Waals surface area contributed by atoms with Gasteiger partial charge < -0.3 is 19.4 Å². The highest BCUT2D eigenvalue weighted by Crippen LogP contribution is 2.35. The Morgan fingerprint density at radius 1 is 1.14 bits per heavy atom. The molecule has 2 aliphatic rings. The predicted octanol–water partition coefficient (Wildman–Crippen LogP) is 3.20. The summed E-state index contributed by atoms with van der Waals surface area (Å²) in [6.45, 7) is 8.80. The zero-order chi connectivity index (χ0) is 19.5. The van der Waals surface area contributed by atoms with Crippen molar-refractivity contribution < 1.29 is 9.53 Å². The van der Waals surface area contributed by atoms with Crippen LogP contribution in [0.15, 0.2) is 23.6 Å². The maximum Gasteiger partial charge on any atom is 0.253 e. The van der Waals surface area contributed by atoms with Gasteiger partial charge in [0.05, 0.1) is 12.8 Å². The van der Waals surface area contributed by atoms with Gasteiger partial charge >= 0.3 is 0 Å². The van der Waals surface area contributed by atoms with Crippen LogP contribution in [-0.2, 0) is 0 Å². The third kappa shape index (κ3) is 3.86. The molecule has 1 aromatic carbocycles. The van der Waals surface area contributed by atoms with Crippen LogP contribution in [0, 0.1) is 0 Å². The van der Waals surface area contributed by atoms with Crippen LogP contribution in [0.1, 0.15) is 30.1 Å². The minimum absolute atomic E-state index is 0.0923. The second kappa shape index (κ2) is 8.49. The standard InChI is InChI=1S/C21H28N4O2S/c1-3-23-10-12-24(13-11-23)20(26)16-6-7-19(27-2)17(14-16)18-15-28-21(22-18)25-8-4-5-9-25/h6-7,14-15H,3-5,8-13H2,1-2H3. The summed E-state index contributed by atoms with van der Waals surface area (Å²) < 4.78 is 5.56. The molecule has 0 aliphatic carbocycles. The first-order valence-electron chi connectivity index (χ1n) is 10.1. The zero-order valence-corrected chi connectivity index (χ0v) is 17.5. The van der Waals surface area contributed by atoms with E-state index in [1.54, 1.807) is 18.4 Å². The zero-order valence-electron chi connectivity index (χ0n) is 16.7. The van der Waals surface area contributed by atoms with Crippen LogP contribution in [-0.4, -0.2) is 73.6 Å². The number of thiazole rings is 1. The van der Waals surface area contributed by atoms with E-state index in [1.807, 2.05) is 23.1 Å². The quantitative estimate of drug-likeness (QED) is 0.771. The minimum Gasteiger partial charge on any atom is -0.496 e. The SMILES string of the molecule is CCN1CCN(C(=O)c2ccc(OC)c(-c3csc(N4CCCC4)n3)c2)CC1. The molecule has 0 atom stereocenters. The molecule has 0 bridgehead atoms. The number of hydrogen-bond acceptors (Lipinski definition) is 6. The first-order valence-corrected chi connectivity index (χ1v) is 11.0. The summed E-state index contributed by atoms with van der Waals surface area (Å²) in [4.78, 5) is 24.5. The molecular formula is C21H28N4O2S. The number of carbonyl (C=O) groups is 1. The lowest BCUT2D eigenvalue weighted by atomic mass is 10.1. The minimum atomic E-state index is 0.0923. The number of aromatic nitrogens is 1. The monoisotopic (exact) mass is 400 g/mol. The number of nitrogens with zero attached hydrogens (tertiary/aromatic N) is 4. The molecule has 0 unspecified atom stereocenters. The van der Waals surface area contributed by atoms with Gasteiger partial charge in [0.15, 0.2) is 5.13 Å². The van der Waals surface area contributed by atoms with Gasteiger partial charge in [-0.15, -0.1) is 11.3 Å². The van der Waals surface area contributed by atoms with Gasteiger partial charge in [-0.3, -0.25) is 4.79 Å².